The van der Waals surface area contributed by atoms with Crippen LogP contribution in [0.25, 0.3) is 5.65 Å². The summed E-state index contributed by atoms with van der Waals surface area (Å²) >= 11 is 3.46. The highest BCUT2D eigenvalue weighted by Gasteiger charge is 2.12. The number of aryl methyl sites for hydroxylation is 2. The van der Waals surface area contributed by atoms with Gasteiger partial charge in [-0.1, -0.05) is 6.92 Å². The number of carbonyl (C=O) groups is 1. The van der Waals surface area contributed by atoms with Crippen molar-refractivity contribution in [2.24, 2.45) is 0 Å². The van der Waals surface area contributed by atoms with Crippen LogP contribution in [0.4, 0.5) is 0 Å². The molecule has 2 rings (SSSR count). The molecular formula is C12H13BrN2O. The fraction of sp³-hybridized carbons (Fsp3) is 0.333. The fourth-order valence-electron chi connectivity index (χ4n) is 1.94. The Bertz CT molecular complexity index is 545. The monoisotopic (exact) mass is 280 g/mol. The van der Waals surface area contributed by atoms with Crippen molar-refractivity contribution in [3.05, 3.63) is 33.7 Å². The lowest BCUT2D eigenvalue weighted by Crippen LogP contribution is -1.97. The van der Waals surface area contributed by atoms with E-state index in [1.165, 1.54) is 0 Å². The molecule has 0 amide bonds. The molecule has 0 fully saturated rings. The van der Waals surface area contributed by atoms with Crippen LogP contribution in [-0.4, -0.2) is 15.7 Å². The fourth-order valence-corrected chi connectivity index (χ4v) is 2.49. The van der Waals surface area contributed by atoms with E-state index >= 15 is 0 Å². The number of aldehydes is 1. The van der Waals surface area contributed by atoms with Crippen molar-refractivity contribution >= 4 is 27.9 Å². The summed E-state index contributed by atoms with van der Waals surface area (Å²) in [6.45, 7) is 4.08. The summed E-state index contributed by atoms with van der Waals surface area (Å²) in [5.74, 6) is 0. The van der Waals surface area contributed by atoms with Crippen molar-refractivity contribution < 1.29 is 4.79 Å². The maximum absolute atomic E-state index is 10.7. The molecule has 2 aromatic heterocycles. The van der Waals surface area contributed by atoms with Crippen molar-refractivity contribution in [1.29, 1.82) is 0 Å². The average molecular weight is 281 g/mol. The summed E-state index contributed by atoms with van der Waals surface area (Å²) < 4.78 is 3.01. The van der Waals surface area contributed by atoms with Gasteiger partial charge in [-0.25, -0.2) is 4.98 Å². The largest absolute Gasteiger partial charge is 0.303 e. The first-order valence-electron chi connectivity index (χ1n) is 5.27. The summed E-state index contributed by atoms with van der Waals surface area (Å²) in [6, 6.07) is 2.03. The van der Waals surface area contributed by atoms with Gasteiger partial charge < -0.3 is 9.20 Å². The van der Waals surface area contributed by atoms with Crippen LogP contribution in [0.5, 0.6) is 0 Å². The predicted octanol–water partition coefficient (Wildman–Crippen LogP) is 2.71. The Hall–Kier alpha value is -1.16. The predicted molar refractivity (Wildman–Crippen MR) is 66.8 cm³/mol. The van der Waals surface area contributed by atoms with Crippen molar-refractivity contribution in [2.45, 2.75) is 26.7 Å². The van der Waals surface area contributed by atoms with E-state index in [0.717, 1.165) is 39.8 Å². The van der Waals surface area contributed by atoms with Crippen molar-refractivity contribution in [2.75, 3.05) is 0 Å². The lowest BCUT2D eigenvalue weighted by molar-refractivity contribution is -0.107. The third-order valence-electron chi connectivity index (χ3n) is 2.66. The first kappa shape index (κ1) is 11.3. The van der Waals surface area contributed by atoms with E-state index in [4.69, 9.17) is 0 Å². The van der Waals surface area contributed by atoms with Crippen molar-refractivity contribution in [3.8, 4) is 0 Å². The Labute approximate surface area is 103 Å². The average Bonchev–Trinajstić information content (AvgIpc) is 2.58. The molecule has 2 aromatic rings. The zero-order valence-electron chi connectivity index (χ0n) is 9.33. The molecule has 4 heteroatoms. The molecule has 0 spiro atoms. The van der Waals surface area contributed by atoms with Crippen LogP contribution < -0.4 is 0 Å². The molecule has 0 bridgehead atoms. The molecule has 0 atom stereocenters. The van der Waals surface area contributed by atoms with Crippen molar-refractivity contribution in [3.63, 3.8) is 0 Å². The van der Waals surface area contributed by atoms with Crippen molar-refractivity contribution in [1.82, 2.24) is 9.38 Å². The van der Waals surface area contributed by atoms with E-state index in [0.29, 0.717) is 6.42 Å². The summed E-state index contributed by atoms with van der Waals surface area (Å²) in [4.78, 5) is 15.3. The maximum Gasteiger partial charge on any atom is 0.140 e. The number of imidazole rings is 1. The number of fused-ring (bicyclic) bond motifs is 1. The van der Waals surface area contributed by atoms with E-state index in [1.807, 2.05) is 23.6 Å². The van der Waals surface area contributed by atoms with E-state index in [-0.39, 0.29) is 0 Å². The Morgan fingerprint density at radius 2 is 2.31 bits per heavy atom. The topological polar surface area (TPSA) is 34.4 Å². The molecule has 0 aliphatic rings. The van der Waals surface area contributed by atoms with Gasteiger partial charge in [-0.3, -0.25) is 0 Å². The molecule has 2 heterocycles. The minimum atomic E-state index is 0.417. The maximum atomic E-state index is 10.7. The minimum Gasteiger partial charge on any atom is -0.303 e. The first-order chi connectivity index (χ1) is 7.67. The van der Waals surface area contributed by atoms with E-state index in [9.17, 15) is 4.79 Å². The van der Waals surface area contributed by atoms with Crippen LogP contribution in [0.3, 0.4) is 0 Å². The van der Waals surface area contributed by atoms with Gasteiger partial charge >= 0.3 is 0 Å². The number of hydrogen-bond donors (Lipinski definition) is 0. The Balaban J connectivity index is 2.78. The number of halogens is 1. The summed E-state index contributed by atoms with van der Waals surface area (Å²) in [5.41, 5.74) is 4.06. The number of rotatable bonds is 3. The molecule has 0 unspecified atom stereocenters. The summed E-state index contributed by atoms with van der Waals surface area (Å²) in [7, 11) is 0. The van der Waals surface area contributed by atoms with Gasteiger partial charge in [0.15, 0.2) is 0 Å². The van der Waals surface area contributed by atoms with Gasteiger partial charge in [-0.15, -0.1) is 0 Å². The first-order valence-corrected chi connectivity index (χ1v) is 6.06. The minimum absolute atomic E-state index is 0.417. The molecule has 3 nitrogen and oxygen atoms in total. The van der Waals surface area contributed by atoms with E-state index < -0.39 is 0 Å². The Morgan fingerprint density at radius 3 is 2.94 bits per heavy atom. The van der Waals surface area contributed by atoms with Gasteiger partial charge in [0.2, 0.25) is 0 Å². The number of carbonyl (C=O) groups excluding carboxylic acids is 1. The molecule has 0 aromatic carbocycles. The Kier molecular flexibility index (Phi) is 3.10. The summed E-state index contributed by atoms with van der Waals surface area (Å²) in [6.07, 6.45) is 4.16. The van der Waals surface area contributed by atoms with Crippen LogP contribution >= 0.6 is 15.9 Å². The molecule has 0 aliphatic carbocycles. The highest BCUT2D eigenvalue weighted by Crippen LogP contribution is 2.21. The second-order valence-electron chi connectivity index (χ2n) is 3.76. The molecule has 0 saturated heterocycles. The lowest BCUT2D eigenvalue weighted by Gasteiger charge is -2.02. The summed E-state index contributed by atoms with van der Waals surface area (Å²) in [5, 5.41) is 0. The molecule has 16 heavy (non-hydrogen) atoms. The zero-order valence-corrected chi connectivity index (χ0v) is 10.9. The van der Waals surface area contributed by atoms with E-state index in [2.05, 4.69) is 27.8 Å². The standard InChI is InChI=1S/C12H13BrN2O/c1-3-10-11(4-5-16)15-7-9(13)6-8(2)12(15)14-10/h5-7H,3-4H2,1-2H3. The number of hydrogen-bond acceptors (Lipinski definition) is 2. The smallest absolute Gasteiger partial charge is 0.140 e. The second-order valence-corrected chi connectivity index (χ2v) is 4.68. The number of pyridine rings is 1. The lowest BCUT2D eigenvalue weighted by atomic mass is 10.2. The third kappa shape index (κ3) is 1.78. The van der Waals surface area contributed by atoms with E-state index in [1.54, 1.807) is 0 Å². The van der Waals surface area contributed by atoms with Gasteiger partial charge in [0.25, 0.3) is 0 Å². The normalized spacial score (nSPS) is 10.9. The SMILES string of the molecule is CCc1nc2c(C)cc(Br)cn2c1CC=O. The molecule has 0 saturated carbocycles. The zero-order chi connectivity index (χ0) is 11.7. The molecule has 84 valence electrons. The quantitative estimate of drug-likeness (QED) is 0.811. The molecule has 0 radical (unpaired) electrons. The number of aromatic nitrogens is 2. The van der Waals surface area contributed by atoms with Gasteiger partial charge in [-0.2, -0.15) is 0 Å². The van der Waals surface area contributed by atoms with Gasteiger partial charge in [0.05, 0.1) is 11.4 Å². The molecule has 0 N–H and O–H groups in total. The van der Waals surface area contributed by atoms with Crippen LogP contribution in [0.15, 0.2) is 16.7 Å². The second kappa shape index (κ2) is 4.37. The molecular weight excluding hydrogens is 268 g/mol. The molecule has 0 aliphatic heterocycles. The van der Waals surface area contributed by atoms with Crippen LogP contribution in [-0.2, 0) is 17.6 Å². The van der Waals surface area contributed by atoms with Crippen LogP contribution in [0, 0.1) is 6.92 Å². The van der Waals surface area contributed by atoms with Crippen LogP contribution in [0.2, 0.25) is 0 Å². The van der Waals surface area contributed by atoms with Gasteiger partial charge in [-0.05, 0) is 40.9 Å². The number of nitrogens with zero attached hydrogens (tertiary/aromatic N) is 2. The Morgan fingerprint density at radius 1 is 1.56 bits per heavy atom. The third-order valence-corrected chi connectivity index (χ3v) is 3.10. The highest BCUT2D eigenvalue weighted by molar-refractivity contribution is 9.10. The van der Waals surface area contributed by atoms with Gasteiger partial charge in [0, 0.05) is 17.1 Å². The van der Waals surface area contributed by atoms with Gasteiger partial charge in [0.1, 0.15) is 11.9 Å². The highest BCUT2D eigenvalue weighted by atomic mass is 79.9. The van der Waals surface area contributed by atoms with Crippen LogP contribution in [0.1, 0.15) is 23.9 Å².